The predicted octanol–water partition coefficient (Wildman–Crippen LogP) is 5.23. The van der Waals surface area contributed by atoms with E-state index in [0.29, 0.717) is 23.9 Å². The highest BCUT2D eigenvalue weighted by Crippen LogP contribution is 2.26. The summed E-state index contributed by atoms with van der Waals surface area (Å²) in [5.74, 6) is 0.525. The van der Waals surface area contributed by atoms with Crippen molar-refractivity contribution in [2.45, 2.75) is 59.8 Å². The molecule has 0 radical (unpaired) electrons. The van der Waals surface area contributed by atoms with Crippen molar-refractivity contribution in [3.8, 4) is 5.69 Å². The van der Waals surface area contributed by atoms with Crippen LogP contribution in [0.25, 0.3) is 5.69 Å². The zero-order valence-electron chi connectivity index (χ0n) is 20.0. The van der Waals surface area contributed by atoms with Gasteiger partial charge in [-0.2, -0.15) is 5.10 Å². The number of halogens is 1. The third-order valence-electron chi connectivity index (χ3n) is 4.83. The number of carbonyl (C=O) groups excluding carboxylic acids is 2. The Kier molecular flexibility index (Phi) is 9.13. The molecule has 0 aliphatic carbocycles. The van der Waals surface area contributed by atoms with E-state index in [9.17, 15) is 9.59 Å². The van der Waals surface area contributed by atoms with Gasteiger partial charge in [-0.1, -0.05) is 59.6 Å². The molecule has 7 nitrogen and oxygen atoms in total. The number of aromatic nitrogens is 2. The first-order valence-corrected chi connectivity index (χ1v) is 11.6. The number of amides is 3. The lowest BCUT2D eigenvalue weighted by Gasteiger charge is -2.24. The normalized spacial score (nSPS) is 11.5. The van der Waals surface area contributed by atoms with Crippen molar-refractivity contribution in [2.24, 2.45) is 5.92 Å². The summed E-state index contributed by atoms with van der Waals surface area (Å²) in [6.45, 7) is 13.4. The van der Waals surface area contributed by atoms with Gasteiger partial charge in [0, 0.05) is 29.6 Å². The molecular formula is C24H36ClN5O2. The fourth-order valence-electron chi connectivity index (χ4n) is 3.12. The molecule has 2 N–H and O–H groups in total. The van der Waals surface area contributed by atoms with Gasteiger partial charge in [0.25, 0.3) is 0 Å². The van der Waals surface area contributed by atoms with Crippen molar-refractivity contribution in [3.05, 3.63) is 41.0 Å². The second kappa shape index (κ2) is 11.4. The highest BCUT2D eigenvalue weighted by atomic mass is 35.5. The topological polar surface area (TPSA) is 79.3 Å². The summed E-state index contributed by atoms with van der Waals surface area (Å²) < 4.78 is 1.70. The number of rotatable bonds is 9. The van der Waals surface area contributed by atoms with Gasteiger partial charge in [-0.15, -0.1) is 0 Å². The van der Waals surface area contributed by atoms with Gasteiger partial charge in [0.05, 0.1) is 11.4 Å². The number of hydrogen-bond donors (Lipinski definition) is 2. The number of carbonyl (C=O) groups is 2. The average Bonchev–Trinajstić information content (AvgIpc) is 3.12. The van der Waals surface area contributed by atoms with E-state index in [1.165, 1.54) is 0 Å². The summed E-state index contributed by atoms with van der Waals surface area (Å²) in [4.78, 5) is 27.1. The molecule has 0 spiro atoms. The summed E-state index contributed by atoms with van der Waals surface area (Å²) in [6, 6.07) is 8.93. The summed E-state index contributed by atoms with van der Waals surface area (Å²) in [5, 5.41) is 11.2. The third-order valence-corrected chi connectivity index (χ3v) is 5.08. The van der Waals surface area contributed by atoms with Gasteiger partial charge in [-0.3, -0.25) is 4.79 Å². The predicted molar refractivity (Wildman–Crippen MR) is 131 cm³/mol. The average molecular weight is 462 g/mol. The number of urea groups is 1. The molecule has 176 valence electrons. The van der Waals surface area contributed by atoms with Crippen molar-refractivity contribution in [2.75, 3.05) is 25.0 Å². The second-order valence-corrected chi connectivity index (χ2v) is 9.90. The first-order valence-electron chi connectivity index (χ1n) is 11.2. The summed E-state index contributed by atoms with van der Waals surface area (Å²) in [6.07, 6.45) is 1.90. The molecule has 1 aromatic carbocycles. The number of unbranched alkanes of at least 4 members (excludes halogenated alkanes) is 1. The van der Waals surface area contributed by atoms with Crippen molar-refractivity contribution in [3.63, 3.8) is 0 Å². The zero-order valence-corrected chi connectivity index (χ0v) is 20.8. The van der Waals surface area contributed by atoms with Crippen LogP contribution < -0.4 is 10.6 Å². The molecule has 0 bridgehead atoms. The fourth-order valence-corrected chi connectivity index (χ4v) is 3.24. The first kappa shape index (κ1) is 25.7. The summed E-state index contributed by atoms with van der Waals surface area (Å²) >= 11 is 6.03. The van der Waals surface area contributed by atoms with Crippen molar-refractivity contribution in [1.29, 1.82) is 0 Å². The number of benzene rings is 1. The lowest BCUT2D eigenvalue weighted by Crippen LogP contribution is -2.46. The maximum Gasteiger partial charge on any atom is 0.317 e. The lowest BCUT2D eigenvalue weighted by molar-refractivity contribution is -0.116. The van der Waals surface area contributed by atoms with Crippen molar-refractivity contribution < 1.29 is 9.59 Å². The van der Waals surface area contributed by atoms with Gasteiger partial charge in [-0.25, -0.2) is 9.48 Å². The maximum atomic E-state index is 12.9. The summed E-state index contributed by atoms with van der Waals surface area (Å²) in [7, 11) is 0. The molecule has 0 saturated heterocycles. The molecule has 3 amide bonds. The van der Waals surface area contributed by atoms with E-state index in [2.05, 4.69) is 38.3 Å². The summed E-state index contributed by atoms with van der Waals surface area (Å²) in [5.41, 5.74) is 1.44. The van der Waals surface area contributed by atoms with Gasteiger partial charge in [0.2, 0.25) is 5.91 Å². The van der Waals surface area contributed by atoms with Crippen LogP contribution in [0.4, 0.5) is 10.6 Å². The van der Waals surface area contributed by atoms with E-state index in [0.717, 1.165) is 24.2 Å². The molecule has 0 atom stereocenters. The van der Waals surface area contributed by atoms with E-state index >= 15 is 0 Å². The van der Waals surface area contributed by atoms with E-state index in [1.807, 2.05) is 32.0 Å². The van der Waals surface area contributed by atoms with E-state index in [-0.39, 0.29) is 29.8 Å². The maximum absolute atomic E-state index is 12.9. The first-order chi connectivity index (χ1) is 15.0. The van der Waals surface area contributed by atoms with Gasteiger partial charge in [0.15, 0.2) is 0 Å². The quantitative estimate of drug-likeness (QED) is 0.502. The minimum atomic E-state index is -0.271. The van der Waals surface area contributed by atoms with Crippen LogP contribution in [0.2, 0.25) is 5.02 Å². The van der Waals surface area contributed by atoms with Crippen LogP contribution >= 0.6 is 11.6 Å². The number of anilines is 1. The molecule has 0 fully saturated rings. The molecule has 2 rings (SSSR count). The van der Waals surface area contributed by atoms with Gasteiger partial charge < -0.3 is 15.5 Å². The Morgan fingerprint density at radius 2 is 1.84 bits per heavy atom. The highest BCUT2D eigenvalue weighted by molar-refractivity contribution is 6.30. The molecule has 0 aliphatic rings. The SMILES string of the molecule is CCCCNC(=O)N(CC(=O)Nc1cc(C(C)(C)C)nn1-c1ccc(Cl)cc1)CC(C)C. The van der Waals surface area contributed by atoms with E-state index in [1.54, 1.807) is 21.7 Å². The Bertz CT molecular complexity index is 900. The van der Waals surface area contributed by atoms with Crippen LogP contribution in [0.15, 0.2) is 30.3 Å². The Morgan fingerprint density at radius 1 is 1.19 bits per heavy atom. The molecule has 32 heavy (non-hydrogen) atoms. The molecule has 1 heterocycles. The van der Waals surface area contributed by atoms with Crippen molar-refractivity contribution >= 4 is 29.4 Å². The Labute approximate surface area is 196 Å². The van der Waals surface area contributed by atoms with Gasteiger partial charge >= 0.3 is 6.03 Å². The molecule has 0 aliphatic heterocycles. The standard InChI is InChI=1S/C24H36ClN5O2/c1-7-8-13-26-23(32)29(15-17(2)3)16-22(31)27-21-14-20(24(4,5)6)28-30(21)19-11-9-18(25)10-12-19/h9-12,14,17H,7-8,13,15-16H2,1-6H3,(H,26,32)(H,27,31). The monoisotopic (exact) mass is 461 g/mol. The van der Waals surface area contributed by atoms with Crippen LogP contribution in [-0.4, -0.2) is 46.3 Å². The zero-order chi connectivity index (χ0) is 23.9. The fraction of sp³-hybridized carbons (Fsp3) is 0.542. The lowest BCUT2D eigenvalue weighted by atomic mass is 9.92. The van der Waals surface area contributed by atoms with Gasteiger partial charge in [0.1, 0.15) is 12.4 Å². The Balaban J connectivity index is 2.23. The van der Waals surface area contributed by atoms with E-state index in [4.69, 9.17) is 16.7 Å². The van der Waals surface area contributed by atoms with Gasteiger partial charge in [-0.05, 0) is 36.6 Å². The van der Waals surface area contributed by atoms with Crippen molar-refractivity contribution in [1.82, 2.24) is 20.0 Å². The van der Waals surface area contributed by atoms with Crippen LogP contribution in [0, 0.1) is 5.92 Å². The molecule has 0 saturated carbocycles. The number of nitrogens with zero attached hydrogens (tertiary/aromatic N) is 3. The molecule has 0 unspecified atom stereocenters. The smallest absolute Gasteiger partial charge is 0.317 e. The van der Waals surface area contributed by atoms with E-state index < -0.39 is 0 Å². The minimum Gasteiger partial charge on any atom is -0.338 e. The Morgan fingerprint density at radius 3 is 2.41 bits per heavy atom. The molecule has 2 aromatic rings. The second-order valence-electron chi connectivity index (χ2n) is 9.46. The number of nitrogens with one attached hydrogen (secondary N) is 2. The molecular weight excluding hydrogens is 426 g/mol. The third kappa shape index (κ3) is 7.55. The molecule has 1 aromatic heterocycles. The van der Waals surface area contributed by atoms with Crippen LogP contribution in [-0.2, 0) is 10.2 Å². The van der Waals surface area contributed by atoms with Crippen LogP contribution in [0.1, 0.15) is 60.1 Å². The Hall–Kier alpha value is -2.54. The largest absolute Gasteiger partial charge is 0.338 e. The molecule has 8 heteroatoms. The van der Waals surface area contributed by atoms with Crippen LogP contribution in [0.3, 0.4) is 0 Å². The highest BCUT2D eigenvalue weighted by Gasteiger charge is 2.23. The minimum absolute atomic E-state index is 0.0349. The van der Waals surface area contributed by atoms with Crippen LogP contribution in [0.5, 0.6) is 0 Å². The number of hydrogen-bond acceptors (Lipinski definition) is 3.